The molecule has 0 amide bonds. The van der Waals surface area contributed by atoms with Crippen molar-refractivity contribution in [2.75, 3.05) is 6.61 Å². The molecule has 4 nitrogen and oxygen atoms in total. The zero-order valence-electron chi connectivity index (χ0n) is 11.1. The Hall–Kier alpha value is -1.65. The van der Waals surface area contributed by atoms with Gasteiger partial charge in [-0.25, -0.2) is 0 Å². The summed E-state index contributed by atoms with van der Waals surface area (Å²) in [5.74, 6) is 0. The second kappa shape index (κ2) is 5.15. The van der Waals surface area contributed by atoms with Crippen molar-refractivity contribution in [3.8, 4) is 0 Å². The monoisotopic (exact) mass is 257 g/mol. The van der Waals surface area contributed by atoms with Gasteiger partial charge in [0.15, 0.2) is 0 Å². The fourth-order valence-corrected chi connectivity index (χ4v) is 2.67. The number of aromatic nitrogens is 2. The maximum Gasteiger partial charge on any atom is 0.0845 e. The average molecular weight is 257 g/mol. The minimum Gasteiger partial charge on any atom is -0.373 e. The van der Waals surface area contributed by atoms with E-state index in [1.807, 2.05) is 19.4 Å². The molecule has 2 unspecified atom stereocenters. The van der Waals surface area contributed by atoms with Gasteiger partial charge in [-0.15, -0.1) is 0 Å². The van der Waals surface area contributed by atoms with Crippen molar-refractivity contribution in [3.63, 3.8) is 0 Å². The van der Waals surface area contributed by atoms with Crippen molar-refractivity contribution in [3.05, 3.63) is 53.3 Å². The van der Waals surface area contributed by atoms with Gasteiger partial charge in [0.1, 0.15) is 0 Å². The molecule has 0 saturated heterocycles. The van der Waals surface area contributed by atoms with Crippen LogP contribution < -0.4 is 5.73 Å². The largest absolute Gasteiger partial charge is 0.373 e. The number of hydrogen-bond donors (Lipinski definition) is 1. The Labute approximate surface area is 113 Å². The van der Waals surface area contributed by atoms with E-state index >= 15 is 0 Å². The Kier molecular flexibility index (Phi) is 3.36. The van der Waals surface area contributed by atoms with Crippen molar-refractivity contribution >= 4 is 0 Å². The van der Waals surface area contributed by atoms with Crippen LogP contribution >= 0.6 is 0 Å². The van der Waals surface area contributed by atoms with Crippen LogP contribution in [0.15, 0.2) is 36.7 Å². The van der Waals surface area contributed by atoms with Gasteiger partial charge in [-0.1, -0.05) is 24.3 Å². The second-order valence-corrected chi connectivity index (χ2v) is 5.10. The van der Waals surface area contributed by atoms with E-state index in [1.165, 1.54) is 11.1 Å². The van der Waals surface area contributed by atoms with Crippen molar-refractivity contribution < 1.29 is 4.74 Å². The number of fused-ring (bicyclic) bond motifs is 1. The van der Waals surface area contributed by atoms with E-state index in [2.05, 4.69) is 29.4 Å². The van der Waals surface area contributed by atoms with E-state index in [-0.39, 0.29) is 12.1 Å². The van der Waals surface area contributed by atoms with E-state index in [4.69, 9.17) is 10.5 Å². The highest BCUT2D eigenvalue weighted by molar-refractivity contribution is 5.31. The van der Waals surface area contributed by atoms with Crippen LogP contribution in [0.25, 0.3) is 0 Å². The van der Waals surface area contributed by atoms with Gasteiger partial charge in [0.2, 0.25) is 0 Å². The molecule has 2 aromatic rings. The number of ether oxygens (including phenoxy) is 1. The maximum atomic E-state index is 6.26. The van der Waals surface area contributed by atoms with Gasteiger partial charge in [0, 0.05) is 24.8 Å². The molecule has 2 N–H and O–H groups in total. The number of aryl methyl sites for hydroxylation is 1. The van der Waals surface area contributed by atoms with Crippen LogP contribution in [0.1, 0.15) is 35.3 Å². The molecule has 3 rings (SSSR count). The Morgan fingerprint density at radius 3 is 3.11 bits per heavy atom. The Balaban J connectivity index is 1.77. The van der Waals surface area contributed by atoms with E-state index in [9.17, 15) is 0 Å². The Morgan fingerprint density at radius 2 is 2.32 bits per heavy atom. The van der Waals surface area contributed by atoms with E-state index in [0.717, 1.165) is 25.0 Å². The van der Waals surface area contributed by atoms with Crippen molar-refractivity contribution in [1.29, 1.82) is 0 Å². The molecule has 2 atom stereocenters. The molecule has 0 radical (unpaired) electrons. The summed E-state index contributed by atoms with van der Waals surface area (Å²) in [5, 5.41) is 4.17. The van der Waals surface area contributed by atoms with Crippen LogP contribution in [0, 0.1) is 0 Å². The molecule has 19 heavy (non-hydrogen) atoms. The highest BCUT2D eigenvalue weighted by atomic mass is 16.5. The van der Waals surface area contributed by atoms with Crippen LogP contribution in [-0.4, -0.2) is 16.4 Å². The summed E-state index contributed by atoms with van der Waals surface area (Å²) >= 11 is 0. The minimum atomic E-state index is -0.0372. The SMILES string of the molecule is Cn1cc(C(N)CC2OCCc3ccccc32)cn1. The summed E-state index contributed by atoms with van der Waals surface area (Å²) < 4.78 is 7.68. The summed E-state index contributed by atoms with van der Waals surface area (Å²) in [6, 6.07) is 8.44. The van der Waals surface area contributed by atoms with Crippen molar-refractivity contribution in [2.45, 2.75) is 25.0 Å². The van der Waals surface area contributed by atoms with Crippen LogP contribution in [0.3, 0.4) is 0 Å². The lowest BCUT2D eigenvalue weighted by atomic mass is 9.92. The van der Waals surface area contributed by atoms with Gasteiger partial charge < -0.3 is 10.5 Å². The summed E-state index contributed by atoms with van der Waals surface area (Å²) in [7, 11) is 1.91. The highest BCUT2D eigenvalue weighted by Gasteiger charge is 2.23. The average Bonchev–Trinajstić information content (AvgIpc) is 2.86. The highest BCUT2D eigenvalue weighted by Crippen LogP contribution is 2.33. The molecule has 0 saturated carbocycles. The fraction of sp³-hybridized carbons (Fsp3) is 0.400. The topological polar surface area (TPSA) is 53.1 Å². The van der Waals surface area contributed by atoms with Crippen LogP contribution in [0.4, 0.5) is 0 Å². The lowest BCUT2D eigenvalue weighted by Crippen LogP contribution is -2.21. The second-order valence-electron chi connectivity index (χ2n) is 5.10. The van der Waals surface area contributed by atoms with E-state index in [1.54, 1.807) is 4.68 Å². The third-order valence-corrected chi connectivity index (χ3v) is 3.71. The van der Waals surface area contributed by atoms with Crippen molar-refractivity contribution in [2.24, 2.45) is 12.8 Å². The van der Waals surface area contributed by atoms with E-state index in [0.29, 0.717) is 0 Å². The minimum absolute atomic E-state index is 0.0372. The standard InChI is InChI=1S/C15H19N3O/c1-18-10-12(9-17-18)14(16)8-15-13-5-3-2-4-11(13)6-7-19-15/h2-5,9-10,14-15H,6-8,16H2,1H3. The summed E-state index contributed by atoms with van der Waals surface area (Å²) in [4.78, 5) is 0. The molecule has 1 aliphatic rings. The molecular formula is C15H19N3O. The molecule has 0 aliphatic carbocycles. The van der Waals surface area contributed by atoms with Crippen LogP contribution in [0.5, 0.6) is 0 Å². The summed E-state index contributed by atoms with van der Waals surface area (Å²) in [6.45, 7) is 0.779. The van der Waals surface area contributed by atoms with Crippen molar-refractivity contribution in [1.82, 2.24) is 9.78 Å². The third kappa shape index (κ3) is 2.55. The molecule has 4 heteroatoms. The molecular weight excluding hydrogens is 238 g/mol. The number of nitrogens with two attached hydrogens (primary N) is 1. The van der Waals surface area contributed by atoms with Crippen LogP contribution in [-0.2, 0) is 18.2 Å². The molecule has 1 aromatic heterocycles. The molecule has 2 heterocycles. The predicted molar refractivity (Wildman–Crippen MR) is 73.6 cm³/mol. The van der Waals surface area contributed by atoms with Gasteiger partial charge in [0.25, 0.3) is 0 Å². The maximum absolute atomic E-state index is 6.26. The van der Waals surface area contributed by atoms with Gasteiger partial charge >= 0.3 is 0 Å². The lowest BCUT2D eigenvalue weighted by molar-refractivity contribution is 0.0320. The lowest BCUT2D eigenvalue weighted by Gasteiger charge is -2.27. The zero-order valence-corrected chi connectivity index (χ0v) is 11.1. The predicted octanol–water partition coefficient (Wildman–Crippen LogP) is 2.12. The van der Waals surface area contributed by atoms with Gasteiger partial charge in [-0.05, 0) is 24.0 Å². The molecule has 1 aliphatic heterocycles. The summed E-state index contributed by atoms with van der Waals surface area (Å²) in [6.07, 6.45) is 5.69. The first-order valence-electron chi connectivity index (χ1n) is 6.67. The molecule has 0 spiro atoms. The smallest absolute Gasteiger partial charge is 0.0845 e. The number of benzene rings is 1. The molecule has 1 aromatic carbocycles. The number of rotatable bonds is 3. The molecule has 0 bridgehead atoms. The number of nitrogens with zero attached hydrogens (tertiary/aromatic N) is 2. The fourth-order valence-electron chi connectivity index (χ4n) is 2.67. The van der Waals surface area contributed by atoms with E-state index < -0.39 is 0 Å². The Morgan fingerprint density at radius 1 is 1.47 bits per heavy atom. The third-order valence-electron chi connectivity index (χ3n) is 3.71. The number of hydrogen-bond acceptors (Lipinski definition) is 3. The van der Waals surface area contributed by atoms with Gasteiger partial charge in [-0.2, -0.15) is 5.10 Å². The quantitative estimate of drug-likeness (QED) is 0.916. The first-order chi connectivity index (χ1) is 9.24. The normalized spacial score (nSPS) is 20.0. The first kappa shape index (κ1) is 12.4. The van der Waals surface area contributed by atoms with Crippen LogP contribution in [0.2, 0.25) is 0 Å². The first-order valence-corrected chi connectivity index (χ1v) is 6.67. The Bertz CT molecular complexity index is 564. The molecule has 100 valence electrons. The van der Waals surface area contributed by atoms with Gasteiger partial charge in [0.05, 0.1) is 18.9 Å². The zero-order chi connectivity index (χ0) is 13.2. The van der Waals surface area contributed by atoms with Gasteiger partial charge in [-0.3, -0.25) is 4.68 Å². The molecule has 0 fully saturated rings. The summed E-state index contributed by atoms with van der Waals surface area (Å²) in [5.41, 5.74) is 10.00.